The number of aliphatic hydroxyl groups excluding tert-OH is 1. The van der Waals surface area contributed by atoms with Crippen molar-refractivity contribution in [1.82, 2.24) is 14.7 Å². The van der Waals surface area contributed by atoms with Gasteiger partial charge in [0, 0.05) is 39.4 Å². The number of aliphatic hydroxyl groups is 1. The van der Waals surface area contributed by atoms with E-state index < -0.39 is 6.10 Å². The lowest BCUT2D eigenvalue weighted by Gasteiger charge is -2.25. The Morgan fingerprint density at radius 3 is 2.53 bits per heavy atom. The van der Waals surface area contributed by atoms with Gasteiger partial charge in [-0.25, -0.2) is 9.07 Å². The molecule has 0 bridgehead atoms. The summed E-state index contributed by atoms with van der Waals surface area (Å²) in [6.07, 6.45) is 0.0368. The summed E-state index contributed by atoms with van der Waals surface area (Å²) in [5, 5.41) is 15.5. The molecule has 0 unspecified atom stereocenters. The molecule has 0 fully saturated rings. The van der Waals surface area contributed by atoms with E-state index in [1.54, 1.807) is 23.9 Å². The van der Waals surface area contributed by atoms with Gasteiger partial charge >= 0.3 is 0 Å². The Morgan fingerprint density at radius 1 is 1.08 bits per heavy atom. The molecule has 0 saturated heterocycles. The van der Waals surface area contributed by atoms with Crippen LogP contribution in [-0.2, 0) is 22.4 Å². The van der Waals surface area contributed by atoms with Crippen LogP contribution in [0.4, 0.5) is 4.39 Å². The van der Waals surface area contributed by atoms with Gasteiger partial charge in [-0.2, -0.15) is 5.10 Å². The van der Waals surface area contributed by atoms with Crippen LogP contribution in [-0.4, -0.2) is 65.9 Å². The summed E-state index contributed by atoms with van der Waals surface area (Å²) in [4.78, 5) is 2.11. The van der Waals surface area contributed by atoms with Crippen molar-refractivity contribution in [3.8, 4) is 17.3 Å². The molecule has 7 nitrogen and oxygen atoms in total. The molecule has 0 amide bonds. The number of nitrogens with zero attached hydrogens (tertiary/aromatic N) is 3. The first kappa shape index (κ1) is 27.8. The highest BCUT2D eigenvalue weighted by Crippen LogP contribution is 2.32. The molecule has 1 aromatic heterocycles. The third kappa shape index (κ3) is 8.13. The highest BCUT2D eigenvalue weighted by Gasteiger charge is 2.24. The predicted molar refractivity (Wildman–Crippen MR) is 138 cm³/mol. The zero-order valence-electron chi connectivity index (χ0n) is 21.7. The molecule has 3 rings (SSSR count). The number of aryl methyl sites for hydroxylation is 1. The normalized spacial score (nSPS) is 12.4. The minimum Gasteiger partial charge on any atom is -0.438 e. The number of aromatic nitrogens is 2. The van der Waals surface area contributed by atoms with Gasteiger partial charge in [0.2, 0.25) is 5.88 Å². The summed E-state index contributed by atoms with van der Waals surface area (Å²) in [6.45, 7) is 9.06. The van der Waals surface area contributed by atoms with Crippen molar-refractivity contribution in [3.05, 3.63) is 71.7 Å². The van der Waals surface area contributed by atoms with Crippen LogP contribution in [0.5, 0.6) is 11.6 Å². The largest absolute Gasteiger partial charge is 0.438 e. The molecule has 0 aliphatic carbocycles. The summed E-state index contributed by atoms with van der Waals surface area (Å²) < 4.78 is 33.0. The van der Waals surface area contributed by atoms with E-state index >= 15 is 0 Å². The second-order valence-corrected chi connectivity index (χ2v) is 9.20. The number of hydrogen-bond donors (Lipinski definition) is 1. The van der Waals surface area contributed by atoms with E-state index in [1.165, 1.54) is 12.1 Å². The monoisotopic (exact) mass is 499 g/mol. The van der Waals surface area contributed by atoms with Crippen LogP contribution in [0.2, 0.25) is 0 Å². The number of para-hydroxylation sites is 1. The second-order valence-electron chi connectivity index (χ2n) is 9.20. The summed E-state index contributed by atoms with van der Waals surface area (Å²) in [5.41, 5.74) is 2.60. The van der Waals surface area contributed by atoms with E-state index in [0.29, 0.717) is 56.8 Å². The Hall–Kier alpha value is -2.78. The Labute approximate surface area is 213 Å². The van der Waals surface area contributed by atoms with Crippen molar-refractivity contribution in [2.45, 2.75) is 39.8 Å². The summed E-state index contributed by atoms with van der Waals surface area (Å²) >= 11 is 0. The molecule has 1 atom stereocenters. The Bertz CT molecular complexity index is 1060. The lowest BCUT2D eigenvalue weighted by atomic mass is 10.1. The molecule has 8 heteroatoms. The molecule has 196 valence electrons. The summed E-state index contributed by atoms with van der Waals surface area (Å²) in [7, 11) is 1.66. The van der Waals surface area contributed by atoms with E-state index in [2.05, 4.69) is 18.7 Å². The van der Waals surface area contributed by atoms with Gasteiger partial charge in [0.25, 0.3) is 0 Å². The third-order valence-corrected chi connectivity index (χ3v) is 5.59. The van der Waals surface area contributed by atoms with Crippen molar-refractivity contribution in [1.29, 1.82) is 0 Å². The van der Waals surface area contributed by atoms with E-state index in [-0.39, 0.29) is 12.4 Å². The predicted octanol–water partition coefficient (Wildman–Crippen LogP) is 4.85. The minimum atomic E-state index is -0.651. The molecule has 0 spiro atoms. The van der Waals surface area contributed by atoms with Crippen molar-refractivity contribution >= 4 is 0 Å². The second kappa shape index (κ2) is 14.1. The molecule has 3 aromatic rings. The van der Waals surface area contributed by atoms with Gasteiger partial charge in [0.05, 0.1) is 36.3 Å². The average Bonchev–Trinajstić information content (AvgIpc) is 3.19. The van der Waals surface area contributed by atoms with Crippen LogP contribution in [0, 0.1) is 11.7 Å². The van der Waals surface area contributed by atoms with Gasteiger partial charge in [0.1, 0.15) is 11.6 Å². The van der Waals surface area contributed by atoms with E-state index in [4.69, 9.17) is 19.3 Å². The Morgan fingerprint density at radius 2 is 1.86 bits per heavy atom. The van der Waals surface area contributed by atoms with Crippen LogP contribution in [0.25, 0.3) is 5.69 Å². The lowest BCUT2D eigenvalue weighted by Crippen LogP contribution is -2.37. The van der Waals surface area contributed by atoms with Crippen LogP contribution < -0.4 is 4.74 Å². The number of ether oxygens (including phenoxy) is 3. The van der Waals surface area contributed by atoms with E-state index in [1.807, 2.05) is 37.3 Å². The Kier molecular flexibility index (Phi) is 10.9. The quantitative estimate of drug-likeness (QED) is 0.323. The summed E-state index contributed by atoms with van der Waals surface area (Å²) in [5.74, 6) is 0.945. The highest BCUT2D eigenvalue weighted by molar-refractivity contribution is 5.43. The summed E-state index contributed by atoms with van der Waals surface area (Å²) in [6, 6.07) is 15.8. The van der Waals surface area contributed by atoms with Crippen molar-refractivity contribution < 1.29 is 23.7 Å². The van der Waals surface area contributed by atoms with Crippen LogP contribution in [0.1, 0.15) is 32.0 Å². The van der Waals surface area contributed by atoms with Crippen molar-refractivity contribution in [3.63, 3.8) is 0 Å². The number of halogens is 1. The third-order valence-electron chi connectivity index (χ3n) is 5.59. The number of rotatable bonds is 15. The number of methoxy groups -OCH3 is 1. The van der Waals surface area contributed by atoms with Crippen molar-refractivity contribution in [2.75, 3.05) is 40.0 Å². The standard InChI is InChI=1S/C28H38FN3O4/c1-5-27-26(18-31(14-15-34-4)17-24(33)20-35-19-21(2)3)28(36-25-13-9-10-22(29)16-25)32(30-27)23-11-7-6-8-12-23/h6-13,16,21,24,33H,5,14-15,17-20H2,1-4H3/t24-/m1/s1. The maximum absolute atomic E-state index is 13.9. The van der Waals surface area contributed by atoms with Gasteiger partial charge in [-0.15, -0.1) is 0 Å². The molecule has 0 saturated carbocycles. The first-order valence-electron chi connectivity index (χ1n) is 12.5. The molecule has 1 heterocycles. The topological polar surface area (TPSA) is 69.0 Å². The zero-order valence-corrected chi connectivity index (χ0v) is 21.7. The molecule has 0 aliphatic rings. The maximum atomic E-state index is 13.9. The minimum absolute atomic E-state index is 0.262. The van der Waals surface area contributed by atoms with Gasteiger partial charge in [-0.3, -0.25) is 4.90 Å². The van der Waals surface area contributed by atoms with Gasteiger partial charge in [0.15, 0.2) is 0 Å². The van der Waals surface area contributed by atoms with Crippen LogP contribution in [0.15, 0.2) is 54.6 Å². The molecule has 0 aliphatic heterocycles. The lowest BCUT2D eigenvalue weighted by molar-refractivity contribution is 0.00323. The first-order chi connectivity index (χ1) is 17.4. The fourth-order valence-electron chi connectivity index (χ4n) is 3.88. The molecular weight excluding hydrogens is 461 g/mol. The van der Waals surface area contributed by atoms with Crippen molar-refractivity contribution in [2.24, 2.45) is 5.92 Å². The smallest absolute Gasteiger partial charge is 0.227 e. The maximum Gasteiger partial charge on any atom is 0.227 e. The van der Waals surface area contributed by atoms with Crippen LogP contribution >= 0.6 is 0 Å². The average molecular weight is 500 g/mol. The molecule has 36 heavy (non-hydrogen) atoms. The molecule has 2 aromatic carbocycles. The number of benzene rings is 2. The SMILES string of the molecule is CCc1nn(-c2ccccc2)c(Oc2cccc(F)c2)c1CN(CCOC)C[C@@H](O)COCC(C)C. The van der Waals surface area contributed by atoms with Crippen LogP contribution in [0.3, 0.4) is 0 Å². The molecular formula is C28H38FN3O4. The van der Waals surface area contributed by atoms with Gasteiger partial charge < -0.3 is 19.3 Å². The fraction of sp³-hybridized carbons (Fsp3) is 0.464. The Balaban J connectivity index is 1.93. The molecule has 1 N–H and O–H groups in total. The van der Waals surface area contributed by atoms with E-state index in [0.717, 1.165) is 16.9 Å². The molecule has 0 radical (unpaired) electrons. The van der Waals surface area contributed by atoms with Gasteiger partial charge in [-0.05, 0) is 36.6 Å². The zero-order chi connectivity index (χ0) is 25.9. The fourth-order valence-corrected chi connectivity index (χ4v) is 3.88. The first-order valence-corrected chi connectivity index (χ1v) is 12.5. The van der Waals surface area contributed by atoms with Gasteiger partial charge in [-0.1, -0.05) is 45.0 Å². The number of hydrogen-bond acceptors (Lipinski definition) is 6. The van der Waals surface area contributed by atoms with E-state index in [9.17, 15) is 9.50 Å². The highest BCUT2D eigenvalue weighted by atomic mass is 19.1.